The lowest BCUT2D eigenvalue weighted by molar-refractivity contribution is 0.0975. The molecule has 4 rings (SSSR count). The van der Waals surface area contributed by atoms with Crippen LogP contribution >= 0.6 is 0 Å². The predicted molar refractivity (Wildman–Crippen MR) is 95.4 cm³/mol. The average molecular weight is 328 g/mol. The molecule has 0 aromatic heterocycles. The van der Waals surface area contributed by atoms with E-state index in [9.17, 15) is 9.59 Å². The van der Waals surface area contributed by atoms with Gasteiger partial charge in [-0.2, -0.15) is 0 Å². The normalized spacial score (nSPS) is 12.5. The number of fused-ring (bicyclic) bond motifs is 2. The van der Waals surface area contributed by atoms with E-state index < -0.39 is 0 Å². The number of carbonyl (C=O) groups is 2. The van der Waals surface area contributed by atoms with Crippen LogP contribution in [0.4, 0.5) is 0 Å². The number of hydrogen-bond acceptors (Lipinski definition) is 3. The van der Waals surface area contributed by atoms with Crippen LogP contribution in [0.3, 0.4) is 0 Å². The minimum atomic E-state index is -0.152. The second-order valence-electron chi connectivity index (χ2n) is 5.97. The summed E-state index contributed by atoms with van der Waals surface area (Å²) < 4.78 is 5.87. The van der Waals surface area contributed by atoms with Crippen LogP contribution in [0.1, 0.15) is 37.4 Å². The maximum absolute atomic E-state index is 12.9. The van der Waals surface area contributed by atoms with Gasteiger partial charge in [0.25, 0.3) is 0 Å². The molecule has 0 radical (unpaired) electrons. The van der Waals surface area contributed by atoms with Crippen molar-refractivity contribution in [3.63, 3.8) is 0 Å². The molecule has 0 heterocycles. The molecular formula is C22H16O3. The summed E-state index contributed by atoms with van der Waals surface area (Å²) in [5.41, 5.74) is 2.86. The van der Waals surface area contributed by atoms with Crippen molar-refractivity contribution in [2.45, 2.75) is 6.42 Å². The molecule has 3 aromatic carbocycles. The van der Waals surface area contributed by atoms with Gasteiger partial charge in [-0.3, -0.25) is 9.59 Å². The zero-order chi connectivity index (χ0) is 17.2. The fourth-order valence-corrected chi connectivity index (χ4v) is 3.16. The van der Waals surface area contributed by atoms with E-state index in [0.29, 0.717) is 34.6 Å². The van der Waals surface area contributed by atoms with Crippen LogP contribution in [0.15, 0.2) is 72.8 Å². The molecule has 122 valence electrons. The van der Waals surface area contributed by atoms with Crippen molar-refractivity contribution in [1.82, 2.24) is 0 Å². The van der Waals surface area contributed by atoms with E-state index >= 15 is 0 Å². The first-order chi connectivity index (χ1) is 12.3. The van der Waals surface area contributed by atoms with E-state index in [1.165, 1.54) is 5.56 Å². The molecule has 1 aliphatic rings. The van der Waals surface area contributed by atoms with Crippen molar-refractivity contribution in [2.75, 3.05) is 6.61 Å². The maximum Gasteiger partial charge on any atom is 0.198 e. The average Bonchev–Trinajstić information content (AvgIpc) is 2.67. The fraction of sp³-hybridized carbons (Fsp3) is 0.0909. The predicted octanol–water partition coefficient (Wildman–Crippen LogP) is 4.08. The standard InChI is InChI=1S/C22H16O3/c23-21-16-9-4-5-10-17(16)22(24)20-18(21)11-6-12-19(20)25-14-13-15-7-2-1-3-8-15/h1-12H,13-14H2. The highest BCUT2D eigenvalue weighted by Gasteiger charge is 2.31. The Morgan fingerprint density at radius 3 is 2.04 bits per heavy atom. The van der Waals surface area contributed by atoms with Gasteiger partial charge in [0.05, 0.1) is 12.2 Å². The second kappa shape index (κ2) is 6.36. The minimum absolute atomic E-state index is 0.126. The van der Waals surface area contributed by atoms with Gasteiger partial charge < -0.3 is 4.74 Å². The summed E-state index contributed by atoms with van der Waals surface area (Å²) in [4.78, 5) is 25.6. The van der Waals surface area contributed by atoms with Crippen LogP contribution in [-0.2, 0) is 6.42 Å². The Hall–Kier alpha value is -3.20. The van der Waals surface area contributed by atoms with Crippen LogP contribution in [0.25, 0.3) is 0 Å². The van der Waals surface area contributed by atoms with Gasteiger partial charge in [0.1, 0.15) is 5.75 Å². The number of benzene rings is 3. The van der Waals surface area contributed by atoms with Gasteiger partial charge in [-0.1, -0.05) is 66.7 Å². The molecule has 0 spiro atoms. The molecule has 3 heteroatoms. The minimum Gasteiger partial charge on any atom is -0.492 e. The molecule has 0 atom stereocenters. The SMILES string of the molecule is O=C1c2ccccc2C(=O)c2c(OCCc3ccccc3)cccc21. The molecule has 0 unspecified atom stereocenters. The molecule has 1 aliphatic carbocycles. The van der Waals surface area contributed by atoms with Gasteiger partial charge in [-0.15, -0.1) is 0 Å². The lowest BCUT2D eigenvalue weighted by Gasteiger charge is -2.20. The molecule has 0 saturated heterocycles. The van der Waals surface area contributed by atoms with Crippen molar-refractivity contribution in [3.05, 3.63) is 101 Å². The number of hydrogen-bond donors (Lipinski definition) is 0. The van der Waals surface area contributed by atoms with Gasteiger partial charge in [-0.05, 0) is 11.6 Å². The highest BCUT2D eigenvalue weighted by Crippen LogP contribution is 2.33. The summed E-state index contributed by atoms with van der Waals surface area (Å²) in [7, 11) is 0. The lowest BCUT2D eigenvalue weighted by atomic mass is 9.83. The molecule has 3 nitrogen and oxygen atoms in total. The Bertz CT molecular complexity index is 958. The largest absolute Gasteiger partial charge is 0.492 e. The third kappa shape index (κ3) is 2.74. The van der Waals surface area contributed by atoms with Gasteiger partial charge in [0.2, 0.25) is 0 Å². The van der Waals surface area contributed by atoms with Crippen molar-refractivity contribution in [2.24, 2.45) is 0 Å². The summed E-state index contributed by atoms with van der Waals surface area (Å²) in [6.07, 6.45) is 0.739. The molecule has 3 aromatic rings. The van der Waals surface area contributed by atoms with Gasteiger partial charge >= 0.3 is 0 Å². The van der Waals surface area contributed by atoms with Gasteiger partial charge in [0.15, 0.2) is 11.6 Å². The highest BCUT2D eigenvalue weighted by atomic mass is 16.5. The van der Waals surface area contributed by atoms with E-state index in [2.05, 4.69) is 0 Å². The number of ether oxygens (including phenoxy) is 1. The van der Waals surface area contributed by atoms with E-state index in [4.69, 9.17) is 4.74 Å². The third-order valence-corrected chi connectivity index (χ3v) is 4.41. The summed E-state index contributed by atoms with van der Waals surface area (Å²) in [6, 6.07) is 22.2. The van der Waals surface area contributed by atoms with Crippen molar-refractivity contribution < 1.29 is 14.3 Å². The zero-order valence-electron chi connectivity index (χ0n) is 13.6. The van der Waals surface area contributed by atoms with Gasteiger partial charge in [0, 0.05) is 23.1 Å². The number of ketones is 2. The Balaban J connectivity index is 1.63. The molecular weight excluding hydrogens is 312 g/mol. The molecule has 0 aliphatic heterocycles. The molecule has 0 bridgehead atoms. The lowest BCUT2D eigenvalue weighted by Crippen LogP contribution is -2.22. The van der Waals surface area contributed by atoms with Crippen LogP contribution < -0.4 is 4.74 Å². The molecule has 0 amide bonds. The maximum atomic E-state index is 12.9. The van der Waals surface area contributed by atoms with E-state index in [0.717, 1.165) is 6.42 Å². The second-order valence-corrected chi connectivity index (χ2v) is 5.97. The Morgan fingerprint density at radius 2 is 1.28 bits per heavy atom. The van der Waals surface area contributed by atoms with Crippen LogP contribution in [0.2, 0.25) is 0 Å². The van der Waals surface area contributed by atoms with Crippen molar-refractivity contribution in [1.29, 1.82) is 0 Å². The summed E-state index contributed by atoms with van der Waals surface area (Å²) in [5, 5.41) is 0. The zero-order valence-corrected chi connectivity index (χ0v) is 13.6. The summed E-state index contributed by atoms with van der Waals surface area (Å²) in [6.45, 7) is 0.448. The number of carbonyl (C=O) groups excluding carboxylic acids is 2. The molecule has 0 saturated carbocycles. The Kier molecular flexibility index (Phi) is 3.90. The van der Waals surface area contributed by atoms with Gasteiger partial charge in [-0.25, -0.2) is 0 Å². The first-order valence-corrected chi connectivity index (χ1v) is 8.24. The highest BCUT2D eigenvalue weighted by molar-refractivity contribution is 6.29. The molecule has 25 heavy (non-hydrogen) atoms. The first kappa shape index (κ1) is 15.3. The van der Waals surface area contributed by atoms with E-state index in [-0.39, 0.29) is 11.6 Å². The monoisotopic (exact) mass is 328 g/mol. The van der Waals surface area contributed by atoms with Crippen molar-refractivity contribution >= 4 is 11.6 Å². The summed E-state index contributed by atoms with van der Waals surface area (Å²) in [5.74, 6) is 0.195. The quantitative estimate of drug-likeness (QED) is 0.567. The third-order valence-electron chi connectivity index (χ3n) is 4.41. The number of rotatable bonds is 4. The van der Waals surface area contributed by atoms with E-state index in [1.54, 1.807) is 42.5 Å². The van der Waals surface area contributed by atoms with Crippen molar-refractivity contribution in [3.8, 4) is 5.75 Å². The fourth-order valence-electron chi connectivity index (χ4n) is 3.16. The Morgan fingerprint density at radius 1 is 0.640 bits per heavy atom. The van der Waals surface area contributed by atoms with Crippen LogP contribution in [0, 0.1) is 0 Å². The van der Waals surface area contributed by atoms with Crippen LogP contribution in [0.5, 0.6) is 5.75 Å². The van der Waals surface area contributed by atoms with E-state index in [1.807, 2.05) is 30.3 Å². The Labute approximate surface area is 145 Å². The summed E-state index contributed by atoms with van der Waals surface area (Å²) >= 11 is 0. The van der Waals surface area contributed by atoms with Crippen LogP contribution in [-0.4, -0.2) is 18.2 Å². The topological polar surface area (TPSA) is 43.4 Å². The molecule has 0 fully saturated rings. The smallest absolute Gasteiger partial charge is 0.198 e. The first-order valence-electron chi connectivity index (χ1n) is 8.24. The molecule has 0 N–H and O–H groups in total.